The number of nitrogens with zero attached hydrogens (tertiary/aromatic N) is 1. The van der Waals surface area contributed by atoms with Crippen LogP contribution in [0.25, 0.3) is 0 Å². The second kappa shape index (κ2) is 7.18. The number of nitrogens with one attached hydrogen (secondary N) is 1. The Bertz CT molecular complexity index is 601. The molecule has 21 heavy (non-hydrogen) atoms. The fourth-order valence-electron chi connectivity index (χ4n) is 2.33. The highest BCUT2D eigenvalue weighted by Gasteiger charge is 2.18. The van der Waals surface area contributed by atoms with Gasteiger partial charge in [-0.15, -0.1) is 0 Å². The third-order valence-electron chi connectivity index (χ3n) is 3.25. The van der Waals surface area contributed by atoms with E-state index in [1.165, 1.54) is 6.07 Å². The van der Waals surface area contributed by atoms with E-state index < -0.39 is 0 Å². The molecule has 0 saturated heterocycles. The molecular weight excluding hydrogens is 267 g/mol. The quantitative estimate of drug-likeness (QED) is 0.881. The molecule has 1 atom stereocenters. The second-order valence-electron chi connectivity index (χ2n) is 4.90. The molecule has 0 amide bonds. The van der Waals surface area contributed by atoms with Gasteiger partial charge in [-0.05, 0) is 38.1 Å². The Hall–Kier alpha value is -1.94. The van der Waals surface area contributed by atoms with Crippen LogP contribution < -0.4 is 10.1 Å². The highest BCUT2D eigenvalue weighted by molar-refractivity contribution is 5.36. The number of ether oxygens (including phenoxy) is 1. The molecule has 2 rings (SSSR count). The minimum Gasteiger partial charge on any atom is -0.492 e. The SMILES string of the molecule is CCNC(c1cncc(OCC)c1)c1cc(C)ccc1F. The molecule has 1 aromatic carbocycles. The van der Waals surface area contributed by atoms with Crippen LogP contribution in [-0.2, 0) is 0 Å². The van der Waals surface area contributed by atoms with Crippen LogP contribution in [0.2, 0.25) is 0 Å². The first-order valence-corrected chi connectivity index (χ1v) is 7.22. The van der Waals surface area contributed by atoms with Gasteiger partial charge in [0.1, 0.15) is 11.6 Å². The van der Waals surface area contributed by atoms with Gasteiger partial charge in [0.2, 0.25) is 0 Å². The van der Waals surface area contributed by atoms with Crippen molar-refractivity contribution in [2.24, 2.45) is 0 Å². The minimum absolute atomic E-state index is 0.214. The number of hydrogen-bond acceptors (Lipinski definition) is 3. The van der Waals surface area contributed by atoms with Gasteiger partial charge < -0.3 is 10.1 Å². The van der Waals surface area contributed by atoms with Gasteiger partial charge in [-0.1, -0.05) is 24.6 Å². The Balaban J connectivity index is 2.42. The van der Waals surface area contributed by atoms with Crippen molar-refractivity contribution < 1.29 is 9.13 Å². The molecule has 1 unspecified atom stereocenters. The third-order valence-corrected chi connectivity index (χ3v) is 3.25. The lowest BCUT2D eigenvalue weighted by Gasteiger charge is -2.20. The number of halogens is 1. The molecule has 1 aromatic heterocycles. The summed E-state index contributed by atoms with van der Waals surface area (Å²) in [6.07, 6.45) is 3.42. The van der Waals surface area contributed by atoms with Gasteiger partial charge in [-0.2, -0.15) is 0 Å². The predicted molar refractivity (Wildman–Crippen MR) is 82.1 cm³/mol. The fourth-order valence-corrected chi connectivity index (χ4v) is 2.33. The lowest BCUT2D eigenvalue weighted by atomic mass is 9.98. The van der Waals surface area contributed by atoms with Crippen LogP contribution in [0.15, 0.2) is 36.7 Å². The van der Waals surface area contributed by atoms with Crippen LogP contribution in [0.5, 0.6) is 5.75 Å². The van der Waals surface area contributed by atoms with Gasteiger partial charge in [-0.25, -0.2) is 4.39 Å². The zero-order valence-electron chi connectivity index (χ0n) is 12.7. The van der Waals surface area contributed by atoms with Crippen LogP contribution in [0.3, 0.4) is 0 Å². The highest BCUT2D eigenvalue weighted by Crippen LogP contribution is 2.27. The first kappa shape index (κ1) is 15.4. The standard InChI is InChI=1S/C17H21FN2O/c1-4-20-17(15-8-12(3)6-7-16(15)18)13-9-14(21-5-2)11-19-10-13/h6-11,17,20H,4-5H2,1-3H3. The van der Waals surface area contributed by atoms with E-state index >= 15 is 0 Å². The summed E-state index contributed by atoms with van der Waals surface area (Å²) in [5.74, 6) is 0.485. The van der Waals surface area contributed by atoms with Crippen molar-refractivity contribution in [3.8, 4) is 5.75 Å². The monoisotopic (exact) mass is 288 g/mol. The Morgan fingerprint density at radius 1 is 1.24 bits per heavy atom. The van der Waals surface area contributed by atoms with E-state index in [4.69, 9.17) is 4.74 Å². The van der Waals surface area contributed by atoms with Gasteiger partial charge in [0.15, 0.2) is 0 Å². The van der Waals surface area contributed by atoms with Crippen molar-refractivity contribution in [3.63, 3.8) is 0 Å². The number of aromatic nitrogens is 1. The molecule has 0 radical (unpaired) electrons. The van der Waals surface area contributed by atoms with Gasteiger partial charge in [0, 0.05) is 11.8 Å². The maximum absolute atomic E-state index is 14.2. The smallest absolute Gasteiger partial charge is 0.137 e. The van der Waals surface area contributed by atoms with E-state index in [0.29, 0.717) is 17.9 Å². The van der Waals surface area contributed by atoms with Crippen molar-refractivity contribution in [2.75, 3.05) is 13.2 Å². The molecule has 0 aliphatic rings. The summed E-state index contributed by atoms with van der Waals surface area (Å²) in [6.45, 7) is 7.20. The van der Waals surface area contributed by atoms with E-state index in [9.17, 15) is 4.39 Å². The molecule has 112 valence electrons. The molecule has 0 aliphatic carbocycles. The Kier molecular flexibility index (Phi) is 5.28. The molecule has 1 N–H and O–H groups in total. The first-order chi connectivity index (χ1) is 10.2. The molecule has 0 saturated carbocycles. The first-order valence-electron chi connectivity index (χ1n) is 7.22. The Morgan fingerprint density at radius 3 is 2.76 bits per heavy atom. The topological polar surface area (TPSA) is 34.2 Å². The lowest BCUT2D eigenvalue weighted by molar-refractivity contribution is 0.338. The molecule has 0 fully saturated rings. The fraction of sp³-hybridized carbons (Fsp3) is 0.353. The zero-order chi connectivity index (χ0) is 15.2. The van der Waals surface area contributed by atoms with E-state index in [0.717, 1.165) is 17.7 Å². The summed E-state index contributed by atoms with van der Waals surface area (Å²) in [6, 6.07) is 6.83. The van der Waals surface area contributed by atoms with Crippen molar-refractivity contribution in [1.29, 1.82) is 0 Å². The number of pyridine rings is 1. The van der Waals surface area contributed by atoms with Gasteiger partial charge in [0.05, 0.1) is 18.8 Å². The van der Waals surface area contributed by atoms with Crippen LogP contribution in [0.1, 0.15) is 36.6 Å². The molecule has 0 aliphatic heterocycles. The number of aryl methyl sites for hydroxylation is 1. The van der Waals surface area contributed by atoms with E-state index in [-0.39, 0.29) is 11.9 Å². The number of hydrogen-bond donors (Lipinski definition) is 1. The summed E-state index contributed by atoms with van der Waals surface area (Å²) >= 11 is 0. The molecule has 0 spiro atoms. The van der Waals surface area contributed by atoms with Crippen LogP contribution >= 0.6 is 0 Å². The number of rotatable bonds is 6. The summed E-state index contributed by atoms with van der Waals surface area (Å²) < 4.78 is 19.7. The average molecular weight is 288 g/mol. The molecule has 2 aromatic rings. The lowest BCUT2D eigenvalue weighted by Crippen LogP contribution is -2.23. The summed E-state index contributed by atoms with van der Waals surface area (Å²) in [5.41, 5.74) is 2.56. The number of benzene rings is 1. The van der Waals surface area contributed by atoms with Gasteiger partial charge >= 0.3 is 0 Å². The molecule has 1 heterocycles. The Morgan fingerprint density at radius 2 is 2.05 bits per heavy atom. The van der Waals surface area contributed by atoms with Gasteiger partial charge in [0.25, 0.3) is 0 Å². The summed E-state index contributed by atoms with van der Waals surface area (Å²) in [5, 5.41) is 3.32. The van der Waals surface area contributed by atoms with Crippen molar-refractivity contribution in [3.05, 3.63) is 59.2 Å². The van der Waals surface area contributed by atoms with Crippen molar-refractivity contribution in [2.45, 2.75) is 26.8 Å². The molecule has 4 heteroatoms. The van der Waals surface area contributed by atoms with Crippen LogP contribution in [0, 0.1) is 12.7 Å². The third kappa shape index (κ3) is 3.79. The maximum atomic E-state index is 14.2. The molecule has 3 nitrogen and oxygen atoms in total. The molecule has 0 bridgehead atoms. The van der Waals surface area contributed by atoms with Crippen LogP contribution in [0.4, 0.5) is 4.39 Å². The Labute approximate surface area is 125 Å². The van der Waals surface area contributed by atoms with E-state index in [1.54, 1.807) is 18.5 Å². The molecular formula is C17H21FN2O. The van der Waals surface area contributed by atoms with Crippen molar-refractivity contribution in [1.82, 2.24) is 10.3 Å². The zero-order valence-corrected chi connectivity index (χ0v) is 12.7. The summed E-state index contributed by atoms with van der Waals surface area (Å²) in [7, 11) is 0. The van der Waals surface area contributed by atoms with Crippen molar-refractivity contribution >= 4 is 0 Å². The second-order valence-corrected chi connectivity index (χ2v) is 4.90. The van der Waals surface area contributed by atoms with E-state index in [1.807, 2.05) is 32.9 Å². The van der Waals surface area contributed by atoms with Crippen LogP contribution in [-0.4, -0.2) is 18.1 Å². The highest BCUT2D eigenvalue weighted by atomic mass is 19.1. The predicted octanol–water partition coefficient (Wildman–Crippen LogP) is 3.63. The average Bonchev–Trinajstić information content (AvgIpc) is 2.48. The maximum Gasteiger partial charge on any atom is 0.137 e. The van der Waals surface area contributed by atoms with E-state index in [2.05, 4.69) is 10.3 Å². The normalized spacial score (nSPS) is 12.2. The summed E-state index contributed by atoms with van der Waals surface area (Å²) in [4.78, 5) is 4.20. The minimum atomic E-state index is -0.234. The largest absolute Gasteiger partial charge is 0.492 e. The van der Waals surface area contributed by atoms with Gasteiger partial charge in [-0.3, -0.25) is 4.98 Å².